The average molecular weight is 213 g/mol. The average Bonchev–Trinajstić information content (AvgIpc) is 2.07. The fourth-order valence-electron chi connectivity index (χ4n) is 1.06. The number of rotatable bonds is 1. The summed E-state index contributed by atoms with van der Waals surface area (Å²) in [5.74, 6) is 0. The van der Waals surface area contributed by atoms with Gasteiger partial charge in [-0.05, 0) is 31.0 Å². The van der Waals surface area contributed by atoms with Crippen molar-refractivity contribution in [2.45, 2.75) is 18.7 Å². The minimum absolute atomic E-state index is 0.157. The van der Waals surface area contributed by atoms with Crippen LogP contribution in [0.25, 0.3) is 4.98 Å². The summed E-state index contributed by atoms with van der Waals surface area (Å²) >= 11 is 0. The minimum Gasteiger partial charge on any atom is -0.282 e. The highest BCUT2D eigenvalue weighted by atomic mass is 32.2. The highest BCUT2D eigenvalue weighted by Crippen LogP contribution is 2.27. The molecular formula is C8H9N2O3S+. The molecule has 0 atom stereocenters. The third-order valence-electron chi connectivity index (χ3n) is 1.96. The normalized spacial score (nSPS) is 11.0. The molecule has 0 radical (unpaired) electrons. The Labute approximate surface area is 81.8 Å². The van der Waals surface area contributed by atoms with Crippen molar-refractivity contribution >= 4 is 15.8 Å². The van der Waals surface area contributed by atoms with Crippen LogP contribution in [0.4, 0.5) is 5.69 Å². The summed E-state index contributed by atoms with van der Waals surface area (Å²) in [6, 6.07) is 2.65. The molecule has 1 rings (SSSR count). The zero-order valence-electron chi connectivity index (χ0n) is 7.72. The first-order valence-electron chi connectivity index (χ1n) is 3.80. The van der Waals surface area contributed by atoms with E-state index in [1.807, 2.05) is 0 Å². The summed E-state index contributed by atoms with van der Waals surface area (Å²) in [6.45, 7) is 3.45. The molecule has 0 bridgehead atoms. The first-order valence-corrected chi connectivity index (χ1v) is 5.24. The lowest BCUT2D eigenvalue weighted by Crippen LogP contribution is -1.99. The molecule has 0 unspecified atom stereocenters. The number of nitrogens with zero attached hydrogens (tertiary/aromatic N) is 2. The van der Waals surface area contributed by atoms with Crippen LogP contribution in [0.1, 0.15) is 11.1 Å². The summed E-state index contributed by atoms with van der Waals surface area (Å²) < 4.78 is 30.5. The van der Waals surface area contributed by atoms with E-state index in [0.717, 1.165) is 5.56 Å². The van der Waals surface area contributed by atoms with Crippen LogP contribution in [0, 0.1) is 19.2 Å². The van der Waals surface area contributed by atoms with E-state index >= 15 is 0 Å². The first-order chi connectivity index (χ1) is 6.36. The van der Waals surface area contributed by atoms with E-state index in [0.29, 0.717) is 5.56 Å². The molecule has 1 aromatic carbocycles. The zero-order chi connectivity index (χ0) is 10.9. The lowest BCUT2D eigenvalue weighted by molar-refractivity contribution is 0.483. The Bertz CT molecular complexity index is 514. The molecule has 14 heavy (non-hydrogen) atoms. The molecule has 1 aromatic rings. The quantitative estimate of drug-likeness (QED) is 0.571. The molecule has 0 aliphatic heterocycles. The minimum atomic E-state index is -4.34. The summed E-state index contributed by atoms with van der Waals surface area (Å²) in [5, 5.41) is 8.55. The number of hydrogen-bond donors (Lipinski definition) is 1. The zero-order valence-corrected chi connectivity index (χ0v) is 8.54. The molecule has 0 aromatic heterocycles. The summed E-state index contributed by atoms with van der Waals surface area (Å²) in [5.41, 5.74) is 1.32. The van der Waals surface area contributed by atoms with Gasteiger partial charge in [0.1, 0.15) is 0 Å². The van der Waals surface area contributed by atoms with Gasteiger partial charge in [0.05, 0.1) is 0 Å². The lowest BCUT2D eigenvalue weighted by atomic mass is 10.1. The van der Waals surface area contributed by atoms with E-state index in [9.17, 15) is 8.42 Å². The van der Waals surface area contributed by atoms with Crippen LogP contribution in [0.5, 0.6) is 0 Å². The smallest absolute Gasteiger partial charge is 0.282 e. The second-order valence-corrected chi connectivity index (χ2v) is 4.37. The van der Waals surface area contributed by atoms with Crippen molar-refractivity contribution in [2.24, 2.45) is 0 Å². The van der Waals surface area contributed by atoms with Crippen LogP contribution in [0.15, 0.2) is 17.0 Å². The molecule has 6 heteroatoms. The maximum absolute atomic E-state index is 10.9. The van der Waals surface area contributed by atoms with Crippen molar-refractivity contribution in [1.29, 1.82) is 5.39 Å². The van der Waals surface area contributed by atoms with Crippen molar-refractivity contribution in [3.63, 3.8) is 0 Å². The highest BCUT2D eigenvalue weighted by Gasteiger charge is 2.25. The fraction of sp³-hybridized carbons (Fsp3) is 0.250. The van der Waals surface area contributed by atoms with Gasteiger partial charge in [0, 0.05) is 6.07 Å². The van der Waals surface area contributed by atoms with Crippen LogP contribution in [0.3, 0.4) is 0 Å². The van der Waals surface area contributed by atoms with Gasteiger partial charge in [-0.15, -0.1) is 0 Å². The van der Waals surface area contributed by atoms with Gasteiger partial charge in [-0.2, -0.15) is 8.42 Å². The monoisotopic (exact) mass is 213 g/mol. The SMILES string of the molecule is Cc1cc([N+]#N)c(S(=O)(=O)O)cc1C. The number of diazo groups is 1. The fourth-order valence-corrected chi connectivity index (χ4v) is 1.75. The van der Waals surface area contributed by atoms with Crippen molar-refractivity contribution in [3.8, 4) is 0 Å². The largest absolute Gasteiger partial charge is 0.406 e. The standard InChI is InChI=1S/C8H8N2O3S/c1-5-3-7(10-9)8(4-6(5)2)14(11,12)13/h3-4H,1-2H3/p+1. The van der Waals surface area contributed by atoms with Crippen LogP contribution >= 0.6 is 0 Å². The molecular weight excluding hydrogens is 204 g/mol. The van der Waals surface area contributed by atoms with Gasteiger partial charge in [0.2, 0.25) is 5.39 Å². The maximum Gasteiger partial charge on any atom is 0.406 e. The molecule has 0 heterocycles. The lowest BCUT2D eigenvalue weighted by Gasteiger charge is -1.99. The Morgan fingerprint density at radius 1 is 1.29 bits per heavy atom. The Morgan fingerprint density at radius 3 is 2.21 bits per heavy atom. The molecule has 0 fully saturated rings. The summed E-state index contributed by atoms with van der Waals surface area (Å²) in [4.78, 5) is 2.41. The molecule has 0 aliphatic carbocycles. The van der Waals surface area contributed by atoms with E-state index in [1.165, 1.54) is 12.1 Å². The van der Waals surface area contributed by atoms with E-state index in [-0.39, 0.29) is 10.6 Å². The summed E-state index contributed by atoms with van der Waals surface area (Å²) in [6.07, 6.45) is 0. The Hall–Kier alpha value is -1.45. The molecule has 5 nitrogen and oxygen atoms in total. The Balaban J connectivity index is 3.61. The van der Waals surface area contributed by atoms with Crippen molar-refractivity contribution < 1.29 is 13.0 Å². The van der Waals surface area contributed by atoms with Crippen LogP contribution in [-0.2, 0) is 10.1 Å². The van der Waals surface area contributed by atoms with Crippen molar-refractivity contribution in [3.05, 3.63) is 28.2 Å². The van der Waals surface area contributed by atoms with Crippen molar-refractivity contribution in [1.82, 2.24) is 0 Å². The van der Waals surface area contributed by atoms with Gasteiger partial charge in [-0.1, -0.05) is 0 Å². The van der Waals surface area contributed by atoms with Gasteiger partial charge in [0.25, 0.3) is 0 Å². The first kappa shape index (κ1) is 10.6. The topological polar surface area (TPSA) is 82.5 Å². The highest BCUT2D eigenvalue weighted by molar-refractivity contribution is 7.86. The number of aryl methyl sites for hydroxylation is 2. The van der Waals surface area contributed by atoms with Crippen molar-refractivity contribution in [2.75, 3.05) is 0 Å². The van der Waals surface area contributed by atoms with Gasteiger partial charge in [0.15, 0.2) is 9.87 Å². The molecule has 0 saturated carbocycles. The second kappa shape index (κ2) is 3.36. The maximum atomic E-state index is 10.9. The Kier molecular flexibility index (Phi) is 2.55. The summed E-state index contributed by atoms with van der Waals surface area (Å²) in [7, 11) is -4.34. The van der Waals surface area contributed by atoms with E-state index in [2.05, 4.69) is 4.98 Å². The van der Waals surface area contributed by atoms with E-state index < -0.39 is 10.1 Å². The molecule has 0 aliphatic rings. The van der Waals surface area contributed by atoms with Gasteiger partial charge in [-0.25, -0.2) is 0 Å². The van der Waals surface area contributed by atoms with Gasteiger partial charge < -0.3 is 0 Å². The van der Waals surface area contributed by atoms with Gasteiger partial charge in [-0.3, -0.25) is 4.55 Å². The second-order valence-electron chi connectivity index (χ2n) is 2.98. The van der Waals surface area contributed by atoms with E-state index in [1.54, 1.807) is 13.8 Å². The van der Waals surface area contributed by atoms with Crippen LogP contribution in [-0.4, -0.2) is 13.0 Å². The van der Waals surface area contributed by atoms with Crippen LogP contribution < -0.4 is 0 Å². The predicted octanol–water partition coefficient (Wildman–Crippen LogP) is 2.03. The van der Waals surface area contributed by atoms with Gasteiger partial charge >= 0.3 is 15.8 Å². The number of benzene rings is 1. The third kappa shape index (κ3) is 1.89. The molecule has 0 amide bonds. The molecule has 0 spiro atoms. The van der Waals surface area contributed by atoms with Crippen LogP contribution in [0.2, 0.25) is 0 Å². The molecule has 0 saturated heterocycles. The molecule has 74 valence electrons. The number of hydrogen-bond acceptors (Lipinski definition) is 3. The Morgan fingerprint density at radius 2 is 1.79 bits per heavy atom. The third-order valence-corrected chi connectivity index (χ3v) is 2.84. The predicted molar refractivity (Wildman–Crippen MR) is 50.5 cm³/mol. The van der Waals surface area contributed by atoms with E-state index in [4.69, 9.17) is 9.95 Å². The molecule has 1 N–H and O–H groups in total.